The average Bonchev–Trinajstić information content (AvgIpc) is 3.67. The van der Waals surface area contributed by atoms with Gasteiger partial charge in [-0.1, -0.05) is 53.7 Å². The van der Waals surface area contributed by atoms with E-state index in [2.05, 4.69) is 10.3 Å². The van der Waals surface area contributed by atoms with Crippen LogP contribution in [0, 0.1) is 0 Å². The Morgan fingerprint density at radius 3 is 2.37 bits per heavy atom. The van der Waals surface area contributed by atoms with Crippen molar-refractivity contribution in [2.24, 2.45) is 0 Å². The molecule has 6 rings (SSSR count). The van der Waals surface area contributed by atoms with Crippen LogP contribution in [0.15, 0.2) is 122 Å². The zero-order chi connectivity index (χ0) is 29.6. The van der Waals surface area contributed by atoms with Gasteiger partial charge in [0.05, 0.1) is 24.1 Å². The van der Waals surface area contributed by atoms with Gasteiger partial charge in [-0.05, 0) is 66.2 Å². The summed E-state index contributed by atoms with van der Waals surface area (Å²) < 4.78 is 9.45. The lowest BCUT2D eigenvalue weighted by atomic mass is 10.0. The smallest absolute Gasteiger partial charge is 0.185 e. The Bertz CT molecular complexity index is 1880. The molecule has 0 aliphatic heterocycles. The third-order valence-corrected chi connectivity index (χ3v) is 6.81. The normalized spacial score (nSPS) is 11.2. The number of ketones is 1. The molecule has 0 bridgehead atoms. The van der Waals surface area contributed by atoms with E-state index in [0.29, 0.717) is 34.7 Å². The van der Waals surface area contributed by atoms with Crippen LogP contribution in [-0.2, 0) is 13.2 Å². The second-order valence-electron chi connectivity index (χ2n) is 9.79. The molecule has 6 aromatic rings. The van der Waals surface area contributed by atoms with Crippen molar-refractivity contribution in [1.82, 2.24) is 24.8 Å². The van der Waals surface area contributed by atoms with Crippen LogP contribution in [0.4, 0.5) is 0 Å². The summed E-state index contributed by atoms with van der Waals surface area (Å²) in [5.74, 6) is 0.304. The zero-order valence-electron chi connectivity index (χ0n) is 23.0. The molecule has 0 saturated carbocycles. The van der Waals surface area contributed by atoms with Gasteiger partial charge in [0.1, 0.15) is 29.5 Å². The number of carbonyl (C=O) groups excluding carboxylic acids is 1. The van der Waals surface area contributed by atoms with E-state index in [-0.39, 0.29) is 23.9 Å². The minimum Gasteiger partial charge on any atom is -0.508 e. The number of carbonyl (C=O) groups is 1. The summed E-state index contributed by atoms with van der Waals surface area (Å²) >= 11 is 0. The molecule has 0 atom stereocenters. The average molecular weight is 570 g/mol. The maximum atomic E-state index is 12.8. The Hall–Kier alpha value is -5.96. The van der Waals surface area contributed by atoms with Gasteiger partial charge in [-0.25, -0.2) is 9.36 Å². The maximum Gasteiger partial charge on any atom is 0.185 e. The predicted molar refractivity (Wildman–Crippen MR) is 162 cm³/mol. The van der Waals surface area contributed by atoms with E-state index in [0.717, 1.165) is 16.9 Å². The highest BCUT2D eigenvalue weighted by atomic mass is 16.5. The Kier molecular flexibility index (Phi) is 7.77. The number of benzene rings is 4. The highest BCUT2D eigenvalue weighted by molar-refractivity contribution is 6.07. The quantitative estimate of drug-likeness (QED) is 0.152. The molecule has 0 saturated heterocycles. The summed E-state index contributed by atoms with van der Waals surface area (Å²) in [6.07, 6.45) is 6.58. The van der Waals surface area contributed by atoms with E-state index in [1.165, 1.54) is 24.3 Å². The number of rotatable bonds is 10. The van der Waals surface area contributed by atoms with Crippen molar-refractivity contribution in [1.29, 1.82) is 0 Å². The summed E-state index contributed by atoms with van der Waals surface area (Å²) in [6, 6.07) is 30.6. The Morgan fingerprint density at radius 2 is 1.63 bits per heavy atom. The number of para-hydroxylation sites is 1. The van der Waals surface area contributed by atoms with Gasteiger partial charge >= 0.3 is 0 Å². The molecule has 0 amide bonds. The predicted octanol–water partition coefficient (Wildman–Crippen LogP) is 6.07. The van der Waals surface area contributed by atoms with Gasteiger partial charge in [-0.3, -0.25) is 4.79 Å². The Morgan fingerprint density at radius 1 is 0.884 bits per heavy atom. The van der Waals surface area contributed by atoms with Crippen LogP contribution in [0.3, 0.4) is 0 Å². The van der Waals surface area contributed by atoms with E-state index >= 15 is 0 Å². The first kappa shape index (κ1) is 27.2. The van der Waals surface area contributed by atoms with Crippen molar-refractivity contribution < 1.29 is 19.7 Å². The largest absolute Gasteiger partial charge is 0.508 e. The van der Waals surface area contributed by atoms with E-state index in [4.69, 9.17) is 9.84 Å². The number of aromatic nitrogens is 5. The number of allylic oxidation sites excluding steroid dienone is 1. The zero-order valence-corrected chi connectivity index (χ0v) is 23.0. The van der Waals surface area contributed by atoms with Crippen LogP contribution >= 0.6 is 0 Å². The van der Waals surface area contributed by atoms with Crippen LogP contribution in [0.1, 0.15) is 27.2 Å². The van der Waals surface area contributed by atoms with Crippen molar-refractivity contribution in [3.63, 3.8) is 0 Å². The molecule has 0 fully saturated rings. The summed E-state index contributed by atoms with van der Waals surface area (Å²) in [4.78, 5) is 12.8. The highest BCUT2D eigenvalue weighted by Crippen LogP contribution is 2.35. The van der Waals surface area contributed by atoms with Gasteiger partial charge in [0.15, 0.2) is 5.78 Å². The van der Waals surface area contributed by atoms with Gasteiger partial charge in [0.25, 0.3) is 0 Å². The monoisotopic (exact) mass is 569 g/mol. The van der Waals surface area contributed by atoms with Gasteiger partial charge < -0.3 is 14.9 Å². The molecule has 2 heterocycles. The maximum absolute atomic E-state index is 12.8. The molecule has 43 heavy (non-hydrogen) atoms. The number of phenolic OH excluding ortho intramolecular Hbond substituents is 2. The molecule has 0 aliphatic carbocycles. The lowest BCUT2D eigenvalue weighted by Gasteiger charge is -2.10. The summed E-state index contributed by atoms with van der Waals surface area (Å²) in [6.45, 7) is 0.786. The molecule has 0 radical (unpaired) electrons. The SMILES string of the molecule is O=C(C=Cc1cn(-c2ccccc2)nc1-c1ccc(OCc2cnnn2Cc2ccccc2)cc1O)c1ccc(O)cc1. The topological polar surface area (TPSA) is 115 Å². The lowest BCUT2D eigenvalue weighted by Crippen LogP contribution is -2.09. The molecule has 2 N–H and O–H groups in total. The first-order valence-corrected chi connectivity index (χ1v) is 13.6. The number of nitrogens with zero attached hydrogens (tertiary/aromatic N) is 5. The lowest BCUT2D eigenvalue weighted by molar-refractivity contribution is 0.104. The number of ether oxygens (including phenoxy) is 1. The third kappa shape index (κ3) is 6.36. The number of hydrogen-bond acceptors (Lipinski definition) is 7. The minimum absolute atomic E-state index is 0.0220. The first-order chi connectivity index (χ1) is 21.0. The van der Waals surface area contributed by atoms with Crippen molar-refractivity contribution in [3.8, 4) is 34.2 Å². The molecule has 4 aromatic carbocycles. The molecule has 2 aromatic heterocycles. The van der Waals surface area contributed by atoms with Gasteiger partial charge in [-0.2, -0.15) is 5.10 Å². The first-order valence-electron chi connectivity index (χ1n) is 13.6. The fourth-order valence-corrected chi connectivity index (χ4v) is 4.56. The van der Waals surface area contributed by atoms with Crippen molar-refractivity contribution in [2.75, 3.05) is 0 Å². The Balaban J connectivity index is 1.24. The van der Waals surface area contributed by atoms with E-state index in [1.54, 1.807) is 52.1 Å². The third-order valence-electron chi connectivity index (χ3n) is 6.81. The summed E-state index contributed by atoms with van der Waals surface area (Å²) in [5, 5.41) is 33.5. The second kappa shape index (κ2) is 12.3. The van der Waals surface area contributed by atoms with Crippen LogP contribution in [0.2, 0.25) is 0 Å². The van der Waals surface area contributed by atoms with E-state index in [9.17, 15) is 15.0 Å². The Labute approximate surface area is 247 Å². The molecule has 9 heteroatoms. The van der Waals surface area contributed by atoms with Crippen molar-refractivity contribution in [3.05, 3.63) is 144 Å². The molecular formula is C34H27N5O4. The standard InChI is InChI=1S/C34H27N5O4/c40-29-14-11-25(12-15-29)32(41)18-13-26-22-38(27-9-5-2-6-10-27)36-34(26)31-17-16-30(19-33(31)42)43-23-28-20-35-37-39(28)21-24-7-3-1-4-8-24/h1-20,22,40,42H,21,23H2. The van der Waals surface area contributed by atoms with Crippen molar-refractivity contribution >= 4 is 11.9 Å². The van der Waals surface area contributed by atoms with Crippen LogP contribution in [-0.4, -0.2) is 40.8 Å². The van der Waals surface area contributed by atoms with Gasteiger partial charge in [0.2, 0.25) is 0 Å². The van der Waals surface area contributed by atoms with Crippen LogP contribution in [0.5, 0.6) is 17.2 Å². The molecule has 9 nitrogen and oxygen atoms in total. The second-order valence-corrected chi connectivity index (χ2v) is 9.79. The summed E-state index contributed by atoms with van der Waals surface area (Å²) in [7, 11) is 0. The van der Waals surface area contributed by atoms with E-state index in [1.807, 2.05) is 60.7 Å². The van der Waals surface area contributed by atoms with Gasteiger partial charge in [0, 0.05) is 29.0 Å². The molecular weight excluding hydrogens is 542 g/mol. The van der Waals surface area contributed by atoms with Crippen molar-refractivity contribution in [2.45, 2.75) is 13.2 Å². The fraction of sp³-hybridized carbons (Fsp3) is 0.0588. The number of aromatic hydroxyl groups is 2. The van der Waals surface area contributed by atoms with Crippen LogP contribution < -0.4 is 4.74 Å². The fourth-order valence-electron chi connectivity index (χ4n) is 4.56. The van der Waals surface area contributed by atoms with Crippen LogP contribution in [0.25, 0.3) is 23.0 Å². The molecule has 0 spiro atoms. The molecule has 212 valence electrons. The molecule has 0 aliphatic rings. The molecule has 0 unspecified atom stereocenters. The van der Waals surface area contributed by atoms with Gasteiger partial charge in [-0.15, -0.1) is 5.10 Å². The van der Waals surface area contributed by atoms with E-state index < -0.39 is 0 Å². The minimum atomic E-state index is -0.229. The summed E-state index contributed by atoms with van der Waals surface area (Å²) in [5.41, 5.74) is 4.77. The number of hydrogen-bond donors (Lipinski definition) is 2. The number of phenols is 2. The highest BCUT2D eigenvalue weighted by Gasteiger charge is 2.16.